The van der Waals surface area contributed by atoms with Crippen molar-refractivity contribution in [3.05, 3.63) is 85.5 Å². The fraction of sp³-hybridized carbons (Fsp3) is 0.296. The van der Waals surface area contributed by atoms with Gasteiger partial charge in [0.05, 0.1) is 16.8 Å². The Bertz CT molecular complexity index is 1430. The monoisotopic (exact) mass is 474 g/mol. The summed E-state index contributed by atoms with van der Waals surface area (Å²) in [5, 5.41) is 1.34. The second-order valence-electron chi connectivity index (χ2n) is 8.79. The van der Waals surface area contributed by atoms with Gasteiger partial charge in [-0.1, -0.05) is 47.2 Å². The van der Waals surface area contributed by atoms with Crippen molar-refractivity contribution >= 4 is 39.1 Å². The first-order valence-corrected chi connectivity index (χ1v) is 13.1. The van der Waals surface area contributed by atoms with Crippen LogP contribution >= 0.6 is 23.1 Å². The van der Waals surface area contributed by atoms with E-state index in [0.717, 1.165) is 63.8 Å². The second kappa shape index (κ2) is 8.92. The Morgan fingerprint density at radius 2 is 1.76 bits per heavy atom. The van der Waals surface area contributed by atoms with Crippen LogP contribution in [-0.2, 0) is 12.8 Å². The maximum atomic E-state index is 13.8. The molecular formula is C27H26N2O2S2. The normalized spacial score (nSPS) is 13.3. The number of rotatable bonds is 5. The van der Waals surface area contributed by atoms with Gasteiger partial charge < -0.3 is 0 Å². The number of hydrogen-bond acceptors (Lipinski definition) is 5. The molecule has 0 unspecified atom stereocenters. The molecule has 0 spiro atoms. The topological polar surface area (TPSA) is 52.0 Å². The van der Waals surface area contributed by atoms with Crippen LogP contribution in [0.4, 0.5) is 0 Å². The first-order valence-electron chi connectivity index (χ1n) is 11.3. The minimum absolute atomic E-state index is 0.0232. The van der Waals surface area contributed by atoms with E-state index in [1.807, 2.05) is 63.2 Å². The van der Waals surface area contributed by atoms with Gasteiger partial charge in [-0.05, 0) is 75.8 Å². The van der Waals surface area contributed by atoms with Crippen LogP contribution in [0.15, 0.2) is 52.4 Å². The highest BCUT2D eigenvalue weighted by molar-refractivity contribution is 7.99. The lowest BCUT2D eigenvalue weighted by atomic mass is 9.97. The molecule has 0 fully saturated rings. The predicted molar refractivity (Wildman–Crippen MR) is 138 cm³/mol. The van der Waals surface area contributed by atoms with Crippen molar-refractivity contribution in [2.45, 2.75) is 51.6 Å². The molecule has 168 valence electrons. The van der Waals surface area contributed by atoms with Gasteiger partial charge in [-0.2, -0.15) is 0 Å². The van der Waals surface area contributed by atoms with Crippen LogP contribution in [0.1, 0.15) is 50.3 Å². The Morgan fingerprint density at radius 1 is 1.03 bits per heavy atom. The maximum absolute atomic E-state index is 13.8. The Hall–Kier alpha value is -2.70. The van der Waals surface area contributed by atoms with Crippen molar-refractivity contribution in [3.8, 4) is 5.69 Å². The van der Waals surface area contributed by atoms with Crippen LogP contribution in [0.3, 0.4) is 0 Å². The van der Waals surface area contributed by atoms with Crippen molar-refractivity contribution in [2.75, 3.05) is 5.75 Å². The summed E-state index contributed by atoms with van der Waals surface area (Å²) in [5.74, 6) is 0.288. The molecule has 1 aliphatic carbocycles. The molecule has 1 aliphatic rings. The Morgan fingerprint density at radius 3 is 2.55 bits per heavy atom. The van der Waals surface area contributed by atoms with Crippen LogP contribution in [0.25, 0.3) is 15.9 Å². The maximum Gasteiger partial charge on any atom is 0.267 e. The molecule has 0 aliphatic heterocycles. The number of carbonyl (C=O) groups excluding carboxylic acids is 1. The van der Waals surface area contributed by atoms with Crippen LogP contribution in [0.2, 0.25) is 0 Å². The highest BCUT2D eigenvalue weighted by Gasteiger charge is 2.23. The lowest BCUT2D eigenvalue weighted by molar-refractivity contribution is 0.102. The molecule has 0 radical (unpaired) electrons. The summed E-state index contributed by atoms with van der Waals surface area (Å²) in [6.07, 6.45) is 4.24. The molecule has 0 bridgehead atoms. The predicted octanol–water partition coefficient (Wildman–Crippen LogP) is 6.23. The number of carbonyl (C=O) groups is 1. The highest BCUT2D eigenvalue weighted by Crippen LogP contribution is 2.35. The molecule has 2 aromatic heterocycles. The fourth-order valence-corrected chi connectivity index (χ4v) is 6.65. The largest absolute Gasteiger partial charge is 0.293 e. The van der Waals surface area contributed by atoms with Crippen LogP contribution < -0.4 is 5.56 Å². The molecule has 0 saturated carbocycles. The highest BCUT2D eigenvalue weighted by atomic mass is 32.2. The number of fused-ring (bicyclic) bond motifs is 3. The molecule has 0 atom stereocenters. The molecule has 2 heterocycles. The summed E-state index contributed by atoms with van der Waals surface area (Å²) in [6.45, 7) is 5.98. The van der Waals surface area contributed by atoms with Gasteiger partial charge in [0.25, 0.3) is 5.56 Å². The zero-order valence-corrected chi connectivity index (χ0v) is 20.7. The Labute approximate surface area is 201 Å². The van der Waals surface area contributed by atoms with Gasteiger partial charge in [0.1, 0.15) is 4.83 Å². The second-order valence-corrected chi connectivity index (χ2v) is 10.8. The van der Waals surface area contributed by atoms with Crippen molar-refractivity contribution in [3.63, 3.8) is 0 Å². The van der Waals surface area contributed by atoms with E-state index in [4.69, 9.17) is 4.98 Å². The minimum Gasteiger partial charge on any atom is -0.293 e. The van der Waals surface area contributed by atoms with Gasteiger partial charge in [-0.25, -0.2) is 4.98 Å². The lowest BCUT2D eigenvalue weighted by Gasteiger charge is -2.14. The van der Waals surface area contributed by atoms with Crippen molar-refractivity contribution in [2.24, 2.45) is 0 Å². The number of thiophene rings is 1. The number of benzene rings is 2. The van der Waals surface area contributed by atoms with Gasteiger partial charge in [-0.3, -0.25) is 14.2 Å². The van der Waals surface area contributed by atoms with Crippen LogP contribution in [0, 0.1) is 20.8 Å². The van der Waals surface area contributed by atoms with Gasteiger partial charge in [-0.15, -0.1) is 11.3 Å². The zero-order chi connectivity index (χ0) is 23.1. The number of Topliss-reactive ketones (excluding diaryl/α,β-unsaturated/α-hetero) is 1. The van der Waals surface area contributed by atoms with Gasteiger partial charge in [0.15, 0.2) is 10.9 Å². The van der Waals surface area contributed by atoms with Gasteiger partial charge in [0, 0.05) is 10.4 Å². The van der Waals surface area contributed by atoms with Gasteiger partial charge >= 0.3 is 0 Å². The lowest BCUT2D eigenvalue weighted by Crippen LogP contribution is -2.22. The van der Waals surface area contributed by atoms with E-state index in [9.17, 15) is 9.59 Å². The number of thioether (sulfide) groups is 1. The van der Waals surface area contributed by atoms with E-state index in [0.29, 0.717) is 5.16 Å². The first kappa shape index (κ1) is 22.1. The third kappa shape index (κ3) is 4.18. The standard InChI is InChI=1S/C27H26N2O2S2/c1-16-9-12-19(13-10-16)29-26(31)24-20-6-4-5-7-23(20)33-25(24)28-27(29)32-15-22(30)21-14-17(2)8-11-18(21)3/h8-14H,4-7,15H2,1-3H3. The van der Waals surface area contributed by atoms with Crippen LogP contribution in [-0.4, -0.2) is 21.1 Å². The third-order valence-electron chi connectivity index (χ3n) is 6.28. The minimum atomic E-state index is -0.0232. The van der Waals surface area contributed by atoms with E-state index in [2.05, 4.69) is 0 Å². The molecule has 6 heteroatoms. The SMILES string of the molecule is Cc1ccc(-n2c(SCC(=O)c3cc(C)ccc3C)nc3sc4c(c3c2=O)CCCC4)cc1. The summed E-state index contributed by atoms with van der Waals surface area (Å²) in [6, 6.07) is 13.9. The summed E-state index contributed by atoms with van der Waals surface area (Å²) in [4.78, 5) is 33.9. The summed E-state index contributed by atoms with van der Waals surface area (Å²) in [7, 11) is 0. The quantitative estimate of drug-likeness (QED) is 0.196. The summed E-state index contributed by atoms with van der Waals surface area (Å²) < 4.78 is 1.70. The van der Waals surface area contributed by atoms with Crippen molar-refractivity contribution < 1.29 is 4.79 Å². The fourth-order valence-electron chi connectivity index (χ4n) is 4.45. The Balaban J connectivity index is 1.60. The number of ketones is 1. The van der Waals surface area contributed by atoms with E-state index in [1.54, 1.807) is 15.9 Å². The third-order valence-corrected chi connectivity index (χ3v) is 8.40. The molecule has 0 saturated heterocycles. The molecular weight excluding hydrogens is 448 g/mol. The number of aryl methyl sites for hydroxylation is 5. The van der Waals surface area contributed by atoms with Gasteiger partial charge in [0.2, 0.25) is 0 Å². The molecule has 33 heavy (non-hydrogen) atoms. The number of nitrogens with zero attached hydrogens (tertiary/aromatic N) is 2. The summed E-state index contributed by atoms with van der Waals surface area (Å²) in [5.41, 5.74) is 5.85. The average molecular weight is 475 g/mol. The molecule has 0 N–H and O–H groups in total. The van der Waals surface area contributed by atoms with E-state index >= 15 is 0 Å². The van der Waals surface area contributed by atoms with E-state index in [-0.39, 0.29) is 17.1 Å². The smallest absolute Gasteiger partial charge is 0.267 e. The molecule has 5 rings (SSSR count). The first-order chi connectivity index (χ1) is 15.9. The van der Waals surface area contributed by atoms with Crippen LogP contribution in [0.5, 0.6) is 0 Å². The van der Waals surface area contributed by atoms with Crippen molar-refractivity contribution in [1.82, 2.24) is 9.55 Å². The average Bonchev–Trinajstić information content (AvgIpc) is 3.18. The number of hydrogen-bond donors (Lipinski definition) is 0. The molecule has 2 aromatic carbocycles. The van der Waals surface area contributed by atoms with Crippen molar-refractivity contribution in [1.29, 1.82) is 0 Å². The van der Waals surface area contributed by atoms with E-state index < -0.39 is 0 Å². The Kier molecular flexibility index (Phi) is 5.97. The van der Waals surface area contributed by atoms with E-state index in [1.165, 1.54) is 22.2 Å². The number of aromatic nitrogens is 2. The molecule has 4 nitrogen and oxygen atoms in total. The molecule has 4 aromatic rings. The summed E-state index contributed by atoms with van der Waals surface area (Å²) >= 11 is 2.99. The molecule has 0 amide bonds. The zero-order valence-electron chi connectivity index (χ0n) is 19.1.